The van der Waals surface area contributed by atoms with Gasteiger partial charge in [0.05, 0.1) is 19.8 Å². The van der Waals surface area contributed by atoms with Gasteiger partial charge >= 0.3 is 0 Å². The van der Waals surface area contributed by atoms with Crippen molar-refractivity contribution >= 4 is 5.82 Å². The third kappa shape index (κ3) is 3.94. The molecule has 0 amide bonds. The minimum atomic E-state index is 0.413. The molecule has 0 N–H and O–H groups in total. The van der Waals surface area contributed by atoms with Crippen molar-refractivity contribution in [3.05, 3.63) is 35.5 Å². The van der Waals surface area contributed by atoms with Crippen LogP contribution >= 0.6 is 0 Å². The van der Waals surface area contributed by atoms with Crippen molar-refractivity contribution in [2.24, 2.45) is 7.05 Å². The molecule has 0 aromatic carbocycles. The van der Waals surface area contributed by atoms with E-state index in [1.54, 1.807) is 6.07 Å². The Kier molecular flexibility index (Phi) is 5.32. The zero-order valence-electron chi connectivity index (χ0n) is 15.7. The number of aromatic nitrogens is 4. The van der Waals surface area contributed by atoms with Crippen LogP contribution in [0.25, 0.3) is 0 Å². The first kappa shape index (κ1) is 17.9. The molecule has 2 aliphatic rings. The quantitative estimate of drug-likeness (QED) is 0.805. The highest BCUT2D eigenvalue weighted by Gasteiger charge is 2.26. The van der Waals surface area contributed by atoms with Gasteiger partial charge < -0.3 is 14.2 Å². The van der Waals surface area contributed by atoms with Crippen molar-refractivity contribution in [2.45, 2.75) is 25.3 Å². The van der Waals surface area contributed by atoms with Gasteiger partial charge in [-0.05, 0) is 25.0 Å². The van der Waals surface area contributed by atoms with E-state index < -0.39 is 0 Å². The summed E-state index contributed by atoms with van der Waals surface area (Å²) in [7, 11) is 2.08. The molecular formula is C19H25N7O. The molecule has 0 atom stereocenters. The van der Waals surface area contributed by atoms with Crippen LogP contribution in [-0.2, 0) is 18.3 Å². The van der Waals surface area contributed by atoms with Crippen LogP contribution in [0, 0.1) is 11.3 Å². The molecule has 2 fully saturated rings. The fourth-order valence-electron chi connectivity index (χ4n) is 3.86. The van der Waals surface area contributed by atoms with Crippen molar-refractivity contribution in [3.63, 3.8) is 0 Å². The molecule has 0 aliphatic carbocycles. The molecule has 142 valence electrons. The lowest BCUT2D eigenvalue weighted by molar-refractivity contribution is 0.0326. The zero-order valence-corrected chi connectivity index (χ0v) is 15.7. The first-order valence-electron chi connectivity index (χ1n) is 9.55. The number of nitrogens with zero attached hydrogens (tertiary/aromatic N) is 7. The maximum absolute atomic E-state index is 9.04. The number of morpholine rings is 1. The van der Waals surface area contributed by atoms with Crippen LogP contribution in [0.1, 0.15) is 36.1 Å². The molecule has 0 radical (unpaired) electrons. The Hall–Kier alpha value is -2.50. The fourth-order valence-corrected chi connectivity index (χ4v) is 3.86. The second kappa shape index (κ2) is 8.03. The van der Waals surface area contributed by atoms with Crippen molar-refractivity contribution in [2.75, 3.05) is 44.3 Å². The first-order chi connectivity index (χ1) is 13.2. The van der Waals surface area contributed by atoms with Crippen LogP contribution in [0.4, 0.5) is 5.82 Å². The summed E-state index contributed by atoms with van der Waals surface area (Å²) in [5, 5.41) is 18.0. The van der Waals surface area contributed by atoms with Gasteiger partial charge in [0.1, 0.15) is 29.2 Å². The van der Waals surface area contributed by atoms with Crippen LogP contribution in [-0.4, -0.2) is 64.0 Å². The highest BCUT2D eigenvalue weighted by Crippen LogP contribution is 2.29. The third-order valence-corrected chi connectivity index (χ3v) is 5.50. The minimum Gasteiger partial charge on any atom is -0.379 e. The Bertz CT molecular complexity index is 814. The van der Waals surface area contributed by atoms with Crippen LogP contribution in [0.15, 0.2) is 18.2 Å². The number of hydrogen-bond donors (Lipinski definition) is 0. The lowest BCUT2D eigenvalue weighted by atomic mass is 9.96. The van der Waals surface area contributed by atoms with Gasteiger partial charge in [0.2, 0.25) is 0 Å². The number of anilines is 1. The van der Waals surface area contributed by atoms with Gasteiger partial charge in [0, 0.05) is 39.1 Å². The second-order valence-electron chi connectivity index (χ2n) is 7.18. The topological polar surface area (TPSA) is 83.1 Å². The zero-order chi connectivity index (χ0) is 18.6. The molecule has 2 saturated heterocycles. The predicted molar refractivity (Wildman–Crippen MR) is 100 cm³/mol. The van der Waals surface area contributed by atoms with E-state index in [9.17, 15) is 0 Å². The van der Waals surface area contributed by atoms with Gasteiger partial charge in [-0.3, -0.25) is 4.90 Å². The SMILES string of the molecule is Cn1c(CN2CCOCC2)nnc1C1CCN(c2cccc(C#N)n2)CC1. The van der Waals surface area contributed by atoms with E-state index >= 15 is 0 Å². The number of ether oxygens (including phenoxy) is 1. The average molecular weight is 367 g/mol. The van der Waals surface area contributed by atoms with Crippen molar-refractivity contribution in [1.29, 1.82) is 5.26 Å². The molecule has 8 nitrogen and oxygen atoms in total. The summed E-state index contributed by atoms with van der Waals surface area (Å²) < 4.78 is 7.59. The fraction of sp³-hybridized carbons (Fsp3) is 0.579. The molecule has 2 aromatic heterocycles. The molecule has 4 rings (SSSR count). The van der Waals surface area contributed by atoms with Gasteiger partial charge in [0.15, 0.2) is 0 Å². The first-order valence-corrected chi connectivity index (χ1v) is 9.55. The normalized spacial score (nSPS) is 19.2. The molecule has 0 bridgehead atoms. The van der Waals surface area contributed by atoms with Crippen LogP contribution < -0.4 is 4.90 Å². The van der Waals surface area contributed by atoms with Crippen molar-refractivity contribution in [3.8, 4) is 6.07 Å². The van der Waals surface area contributed by atoms with E-state index in [0.717, 1.165) is 76.2 Å². The lowest BCUT2D eigenvalue weighted by Crippen LogP contribution is -2.36. The number of pyridine rings is 1. The number of rotatable bonds is 4. The van der Waals surface area contributed by atoms with Crippen LogP contribution in [0.3, 0.4) is 0 Å². The highest BCUT2D eigenvalue weighted by molar-refractivity contribution is 5.42. The van der Waals surface area contributed by atoms with Gasteiger partial charge in [0.25, 0.3) is 0 Å². The molecule has 0 spiro atoms. The number of hydrogen-bond acceptors (Lipinski definition) is 7. The number of nitriles is 1. The summed E-state index contributed by atoms with van der Waals surface area (Å²) in [6, 6.07) is 7.73. The maximum atomic E-state index is 9.04. The summed E-state index contributed by atoms with van der Waals surface area (Å²) in [5.74, 6) is 3.41. The molecule has 2 aliphatic heterocycles. The summed E-state index contributed by atoms with van der Waals surface area (Å²) in [5.41, 5.74) is 0.468. The third-order valence-electron chi connectivity index (χ3n) is 5.50. The highest BCUT2D eigenvalue weighted by atomic mass is 16.5. The standard InChI is InChI=1S/C19H25N7O/c1-24-18(14-25-9-11-27-12-10-25)22-23-19(24)15-5-7-26(8-6-15)17-4-2-3-16(13-20)21-17/h2-4,15H,5-12,14H2,1H3. The Morgan fingerprint density at radius 2 is 1.93 bits per heavy atom. The van der Waals surface area contributed by atoms with E-state index in [4.69, 9.17) is 10.00 Å². The smallest absolute Gasteiger partial charge is 0.146 e. The van der Waals surface area contributed by atoms with E-state index in [1.165, 1.54) is 0 Å². The summed E-state index contributed by atoms with van der Waals surface area (Å²) >= 11 is 0. The van der Waals surface area contributed by atoms with E-state index in [2.05, 4.69) is 42.7 Å². The van der Waals surface area contributed by atoms with Gasteiger partial charge in [-0.2, -0.15) is 5.26 Å². The van der Waals surface area contributed by atoms with Crippen LogP contribution in [0.5, 0.6) is 0 Å². The molecule has 4 heterocycles. The van der Waals surface area contributed by atoms with E-state index in [0.29, 0.717) is 11.6 Å². The Balaban J connectivity index is 1.39. The van der Waals surface area contributed by atoms with Gasteiger partial charge in [-0.15, -0.1) is 10.2 Å². The average Bonchev–Trinajstić information content (AvgIpc) is 3.09. The predicted octanol–water partition coefficient (Wildman–Crippen LogP) is 1.30. The molecule has 0 saturated carbocycles. The summed E-state index contributed by atoms with van der Waals surface area (Å²) in [6.45, 7) is 6.16. The Labute approximate surface area is 159 Å². The second-order valence-corrected chi connectivity index (χ2v) is 7.18. The summed E-state index contributed by atoms with van der Waals surface area (Å²) in [4.78, 5) is 9.04. The summed E-state index contributed by atoms with van der Waals surface area (Å²) in [6.07, 6.45) is 2.03. The van der Waals surface area contributed by atoms with E-state index in [1.807, 2.05) is 12.1 Å². The molecule has 2 aromatic rings. The van der Waals surface area contributed by atoms with Crippen molar-refractivity contribution < 1.29 is 4.74 Å². The number of piperidine rings is 1. The minimum absolute atomic E-state index is 0.413. The lowest BCUT2D eigenvalue weighted by Gasteiger charge is -2.32. The van der Waals surface area contributed by atoms with Crippen molar-refractivity contribution in [1.82, 2.24) is 24.6 Å². The Morgan fingerprint density at radius 1 is 1.15 bits per heavy atom. The van der Waals surface area contributed by atoms with Crippen LogP contribution in [0.2, 0.25) is 0 Å². The Morgan fingerprint density at radius 3 is 2.67 bits per heavy atom. The van der Waals surface area contributed by atoms with Gasteiger partial charge in [-0.1, -0.05) is 6.07 Å². The monoisotopic (exact) mass is 367 g/mol. The largest absolute Gasteiger partial charge is 0.379 e. The molecule has 8 heteroatoms. The van der Waals surface area contributed by atoms with E-state index in [-0.39, 0.29) is 0 Å². The molecule has 27 heavy (non-hydrogen) atoms. The maximum Gasteiger partial charge on any atom is 0.146 e. The molecule has 0 unspecified atom stereocenters. The molecular weight excluding hydrogens is 342 g/mol. The van der Waals surface area contributed by atoms with Gasteiger partial charge in [-0.25, -0.2) is 4.98 Å².